The maximum Gasteiger partial charge on any atom is 0.407 e. The Bertz CT molecular complexity index is 1180. The summed E-state index contributed by atoms with van der Waals surface area (Å²) in [6.45, 7) is 6.83. The lowest BCUT2D eigenvalue weighted by Crippen LogP contribution is -2.26. The molecule has 3 rings (SSSR count). The van der Waals surface area contributed by atoms with E-state index in [1.165, 1.54) is 4.90 Å². The number of nitriles is 1. The Balaban J connectivity index is 1.74. The van der Waals surface area contributed by atoms with Crippen LogP contribution in [-0.2, 0) is 6.42 Å². The van der Waals surface area contributed by atoms with Crippen LogP contribution in [0.2, 0.25) is 0 Å². The minimum absolute atomic E-state index is 0.00471. The van der Waals surface area contributed by atoms with E-state index in [2.05, 4.69) is 18.0 Å². The Labute approximate surface area is 204 Å². The molecule has 1 amide bonds. The third-order valence-corrected chi connectivity index (χ3v) is 6.25. The fourth-order valence-electron chi connectivity index (χ4n) is 3.42. The summed E-state index contributed by atoms with van der Waals surface area (Å²) in [6.07, 6.45) is 2.37. The number of benzene rings is 2. The third kappa shape index (κ3) is 6.27. The molecule has 3 aromatic rings. The number of aromatic nitrogens is 1. The highest BCUT2D eigenvalue weighted by Crippen LogP contribution is 2.36. The summed E-state index contributed by atoms with van der Waals surface area (Å²) in [5.74, 6) is 1.35. The second kappa shape index (κ2) is 11.5. The average Bonchev–Trinajstić information content (AvgIpc) is 3.31. The van der Waals surface area contributed by atoms with Crippen molar-refractivity contribution in [3.05, 3.63) is 53.7 Å². The SMILES string of the molecule is CCc1cc(OCCCN(C)C(=O)O)ccc1-c1cnc(-c2ccc(OC(C)C)c(C#N)c2)s1. The van der Waals surface area contributed by atoms with Gasteiger partial charge in [0, 0.05) is 25.4 Å². The molecule has 1 heterocycles. The van der Waals surface area contributed by atoms with E-state index in [0.717, 1.165) is 38.7 Å². The molecule has 0 unspecified atom stereocenters. The van der Waals surface area contributed by atoms with Gasteiger partial charge in [-0.05, 0) is 74.2 Å². The molecular weight excluding hydrogens is 450 g/mol. The monoisotopic (exact) mass is 479 g/mol. The number of hydrogen-bond acceptors (Lipinski definition) is 6. The molecule has 34 heavy (non-hydrogen) atoms. The van der Waals surface area contributed by atoms with Crippen molar-refractivity contribution >= 4 is 17.4 Å². The molecular formula is C26H29N3O4S. The van der Waals surface area contributed by atoms with Crippen molar-refractivity contribution in [3.8, 4) is 38.6 Å². The summed E-state index contributed by atoms with van der Waals surface area (Å²) < 4.78 is 11.6. The van der Waals surface area contributed by atoms with E-state index in [9.17, 15) is 10.1 Å². The summed E-state index contributed by atoms with van der Waals surface area (Å²) in [5, 5.41) is 19.3. The van der Waals surface area contributed by atoms with Crippen LogP contribution in [0.25, 0.3) is 21.0 Å². The summed E-state index contributed by atoms with van der Waals surface area (Å²) in [4.78, 5) is 17.8. The van der Waals surface area contributed by atoms with Crippen LogP contribution < -0.4 is 9.47 Å². The maximum absolute atomic E-state index is 10.9. The quantitative estimate of drug-likeness (QED) is 0.354. The summed E-state index contributed by atoms with van der Waals surface area (Å²) in [6, 6.07) is 13.8. The molecule has 7 nitrogen and oxygen atoms in total. The van der Waals surface area contributed by atoms with Gasteiger partial charge in [-0.25, -0.2) is 9.78 Å². The van der Waals surface area contributed by atoms with Gasteiger partial charge < -0.3 is 19.5 Å². The number of thiazole rings is 1. The van der Waals surface area contributed by atoms with E-state index in [4.69, 9.17) is 14.6 Å². The molecule has 2 aromatic carbocycles. The smallest absolute Gasteiger partial charge is 0.407 e. The van der Waals surface area contributed by atoms with Crippen LogP contribution in [0.4, 0.5) is 4.79 Å². The largest absolute Gasteiger partial charge is 0.494 e. The van der Waals surface area contributed by atoms with Crippen molar-refractivity contribution in [3.63, 3.8) is 0 Å². The number of carboxylic acid groups (broad SMARTS) is 1. The lowest BCUT2D eigenvalue weighted by molar-refractivity contribution is 0.152. The number of carbonyl (C=O) groups is 1. The Hall–Kier alpha value is -3.57. The predicted octanol–water partition coefficient (Wildman–Crippen LogP) is 6.08. The highest BCUT2D eigenvalue weighted by Gasteiger charge is 2.14. The molecule has 178 valence electrons. The molecule has 0 bridgehead atoms. The predicted molar refractivity (Wildman–Crippen MR) is 134 cm³/mol. The van der Waals surface area contributed by atoms with Gasteiger partial charge in [0.2, 0.25) is 0 Å². The lowest BCUT2D eigenvalue weighted by Gasteiger charge is -2.14. The fraction of sp³-hybridized carbons (Fsp3) is 0.346. The number of nitrogens with zero attached hydrogens (tertiary/aromatic N) is 3. The highest BCUT2D eigenvalue weighted by atomic mass is 32.1. The number of ether oxygens (including phenoxy) is 2. The number of hydrogen-bond donors (Lipinski definition) is 1. The van der Waals surface area contributed by atoms with Gasteiger partial charge in [-0.2, -0.15) is 5.26 Å². The maximum atomic E-state index is 10.9. The average molecular weight is 480 g/mol. The van der Waals surface area contributed by atoms with E-state index in [1.807, 2.05) is 56.4 Å². The minimum Gasteiger partial charge on any atom is -0.494 e. The molecule has 0 aliphatic carbocycles. The number of amides is 1. The van der Waals surface area contributed by atoms with Gasteiger partial charge in [-0.1, -0.05) is 6.92 Å². The highest BCUT2D eigenvalue weighted by molar-refractivity contribution is 7.18. The van der Waals surface area contributed by atoms with Crippen LogP contribution in [0, 0.1) is 11.3 Å². The first-order valence-electron chi connectivity index (χ1n) is 11.2. The second-order valence-corrected chi connectivity index (χ2v) is 9.13. The zero-order valence-electron chi connectivity index (χ0n) is 19.9. The Morgan fingerprint density at radius 3 is 2.74 bits per heavy atom. The molecule has 8 heteroatoms. The fourth-order valence-corrected chi connectivity index (χ4v) is 4.39. The van der Waals surface area contributed by atoms with Gasteiger partial charge in [0.25, 0.3) is 0 Å². The topological polar surface area (TPSA) is 95.7 Å². The third-order valence-electron chi connectivity index (χ3n) is 5.17. The number of rotatable bonds is 10. The zero-order chi connectivity index (χ0) is 24.7. The van der Waals surface area contributed by atoms with E-state index in [1.54, 1.807) is 18.4 Å². The van der Waals surface area contributed by atoms with Crippen molar-refractivity contribution in [2.24, 2.45) is 0 Å². The molecule has 1 aromatic heterocycles. The Morgan fingerprint density at radius 2 is 2.06 bits per heavy atom. The van der Waals surface area contributed by atoms with Crippen LogP contribution in [0.3, 0.4) is 0 Å². The van der Waals surface area contributed by atoms with Gasteiger partial charge in [0.1, 0.15) is 22.6 Å². The van der Waals surface area contributed by atoms with Gasteiger partial charge in [0.15, 0.2) is 0 Å². The van der Waals surface area contributed by atoms with Gasteiger partial charge in [-0.15, -0.1) is 11.3 Å². The first-order valence-corrected chi connectivity index (χ1v) is 12.0. The molecule has 1 N–H and O–H groups in total. The van der Waals surface area contributed by atoms with Crippen LogP contribution in [0.1, 0.15) is 38.3 Å². The van der Waals surface area contributed by atoms with Crippen molar-refractivity contribution < 1.29 is 19.4 Å². The molecule has 0 aliphatic rings. The van der Waals surface area contributed by atoms with E-state index < -0.39 is 6.09 Å². The van der Waals surface area contributed by atoms with E-state index in [0.29, 0.717) is 30.9 Å². The first-order chi connectivity index (χ1) is 16.3. The molecule has 0 saturated carbocycles. The van der Waals surface area contributed by atoms with Crippen LogP contribution in [0.5, 0.6) is 11.5 Å². The summed E-state index contributed by atoms with van der Waals surface area (Å²) >= 11 is 1.58. The van der Waals surface area contributed by atoms with Crippen molar-refractivity contribution in [1.29, 1.82) is 5.26 Å². The van der Waals surface area contributed by atoms with Crippen molar-refractivity contribution in [2.45, 2.75) is 39.7 Å². The minimum atomic E-state index is -0.940. The molecule has 0 aliphatic heterocycles. The Morgan fingerprint density at radius 1 is 1.26 bits per heavy atom. The van der Waals surface area contributed by atoms with E-state index in [-0.39, 0.29) is 6.10 Å². The first kappa shape index (κ1) is 25.1. The van der Waals surface area contributed by atoms with Crippen LogP contribution in [-0.4, -0.2) is 47.4 Å². The van der Waals surface area contributed by atoms with Gasteiger partial charge in [-0.3, -0.25) is 0 Å². The molecule has 0 atom stereocenters. The molecule has 0 saturated heterocycles. The van der Waals surface area contributed by atoms with Gasteiger partial charge >= 0.3 is 6.09 Å². The van der Waals surface area contributed by atoms with Crippen LogP contribution >= 0.6 is 11.3 Å². The lowest BCUT2D eigenvalue weighted by atomic mass is 10.0. The molecule has 0 radical (unpaired) electrons. The van der Waals surface area contributed by atoms with Crippen molar-refractivity contribution in [1.82, 2.24) is 9.88 Å². The normalized spacial score (nSPS) is 10.7. The standard InChI is InChI=1S/C26H29N3O4S/c1-5-18-14-21(32-12-6-11-29(4)26(30)31)8-9-22(18)24-16-28-25(34-24)19-7-10-23(33-17(2)3)20(13-19)15-27/h7-10,13-14,16-17H,5-6,11-12H2,1-4H3,(H,30,31). The van der Waals surface area contributed by atoms with Crippen LogP contribution in [0.15, 0.2) is 42.6 Å². The molecule has 0 fully saturated rings. The Kier molecular flexibility index (Phi) is 8.50. The number of aryl methyl sites for hydroxylation is 1. The zero-order valence-corrected chi connectivity index (χ0v) is 20.7. The molecule has 0 spiro atoms. The summed E-state index contributed by atoms with van der Waals surface area (Å²) in [5.41, 5.74) is 3.62. The van der Waals surface area contributed by atoms with Gasteiger partial charge in [0.05, 0.1) is 23.2 Å². The van der Waals surface area contributed by atoms with Crippen molar-refractivity contribution in [2.75, 3.05) is 20.2 Å². The van der Waals surface area contributed by atoms with E-state index >= 15 is 0 Å². The summed E-state index contributed by atoms with van der Waals surface area (Å²) in [7, 11) is 1.55. The second-order valence-electron chi connectivity index (χ2n) is 8.10.